The standard InChI is InChI=1S/C14H20N2O3/c1-18-12-2-4-13(5-3-12)19-9-8-16-14(17)11-6-7-15-10-11/h2-5,11,15H,6-10H2,1H3,(H,16,17). The van der Waals surface area contributed by atoms with Crippen molar-refractivity contribution in [3.8, 4) is 11.5 Å². The molecule has 1 aliphatic heterocycles. The molecule has 5 heteroatoms. The molecule has 2 N–H and O–H groups in total. The fraction of sp³-hybridized carbons (Fsp3) is 0.500. The Balaban J connectivity index is 1.64. The van der Waals surface area contributed by atoms with Crippen molar-refractivity contribution in [1.82, 2.24) is 10.6 Å². The summed E-state index contributed by atoms with van der Waals surface area (Å²) in [5, 5.41) is 6.07. The van der Waals surface area contributed by atoms with E-state index < -0.39 is 0 Å². The smallest absolute Gasteiger partial charge is 0.224 e. The van der Waals surface area contributed by atoms with Crippen LogP contribution in [0.1, 0.15) is 6.42 Å². The number of hydrogen-bond acceptors (Lipinski definition) is 4. The molecule has 19 heavy (non-hydrogen) atoms. The van der Waals surface area contributed by atoms with Crippen molar-refractivity contribution in [1.29, 1.82) is 0 Å². The van der Waals surface area contributed by atoms with Crippen LogP contribution < -0.4 is 20.1 Å². The van der Waals surface area contributed by atoms with Crippen molar-refractivity contribution in [3.05, 3.63) is 24.3 Å². The molecule has 104 valence electrons. The lowest BCUT2D eigenvalue weighted by atomic mass is 10.1. The highest BCUT2D eigenvalue weighted by Crippen LogP contribution is 2.16. The quantitative estimate of drug-likeness (QED) is 0.746. The van der Waals surface area contributed by atoms with Crippen LogP contribution in [0.15, 0.2) is 24.3 Å². The highest BCUT2D eigenvalue weighted by molar-refractivity contribution is 5.79. The fourth-order valence-corrected chi connectivity index (χ4v) is 2.04. The predicted octanol–water partition coefficient (Wildman–Crippen LogP) is 0.800. The lowest BCUT2D eigenvalue weighted by Crippen LogP contribution is -2.34. The molecule has 0 saturated carbocycles. The molecule has 1 aliphatic rings. The number of amides is 1. The molecular formula is C14H20N2O3. The average Bonchev–Trinajstić information content (AvgIpc) is 2.98. The average molecular weight is 264 g/mol. The minimum Gasteiger partial charge on any atom is -0.497 e. The molecule has 1 amide bonds. The second-order valence-corrected chi connectivity index (χ2v) is 4.50. The van der Waals surface area contributed by atoms with Gasteiger partial charge in [-0.3, -0.25) is 4.79 Å². The predicted molar refractivity (Wildman–Crippen MR) is 72.5 cm³/mol. The summed E-state index contributed by atoms with van der Waals surface area (Å²) in [7, 11) is 1.63. The largest absolute Gasteiger partial charge is 0.497 e. The van der Waals surface area contributed by atoms with E-state index in [-0.39, 0.29) is 11.8 Å². The van der Waals surface area contributed by atoms with E-state index in [0.717, 1.165) is 31.0 Å². The van der Waals surface area contributed by atoms with Gasteiger partial charge in [-0.25, -0.2) is 0 Å². The third kappa shape index (κ3) is 4.13. The minimum atomic E-state index is 0.112. The van der Waals surface area contributed by atoms with E-state index in [9.17, 15) is 4.79 Å². The van der Waals surface area contributed by atoms with Gasteiger partial charge in [0.05, 0.1) is 19.6 Å². The molecule has 1 fully saturated rings. The number of rotatable bonds is 6. The van der Waals surface area contributed by atoms with Crippen LogP contribution in [0.2, 0.25) is 0 Å². The maximum absolute atomic E-state index is 11.7. The molecule has 1 saturated heterocycles. The van der Waals surface area contributed by atoms with Crippen molar-refractivity contribution >= 4 is 5.91 Å². The van der Waals surface area contributed by atoms with E-state index in [1.54, 1.807) is 7.11 Å². The highest BCUT2D eigenvalue weighted by atomic mass is 16.5. The summed E-state index contributed by atoms with van der Waals surface area (Å²) in [6.07, 6.45) is 0.922. The number of benzene rings is 1. The van der Waals surface area contributed by atoms with E-state index in [4.69, 9.17) is 9.47 Å². The summed E-state index contributed by atoms with van der Waals surface area (Å²) in [5.41, 5.74) is 0. The number of hydrogen-bond donors (Lipinski definition) is 2. The van der Waals surface area contributed by atoms with Gasteiger partial charge in [-0.1, -0.05) is 0 Å². The van der Waals surface area contributed by atoms with Crippen LogP contribution in [0.25, 0.3) is 0 Å². The molecular weight excluding hydrogens is 244 g/mol. The molecule has 0 spiro atoms. The Hall–Kier alpha value is -1.75. The van der Waals surface area contributed by atoms with E-state index in [1.165, 1.54) is 0 Å². The first-order valence-corrected chi connectivity index (χ1v) is 6.55. The molecule has 0 bridgehead atoms. The lowest BCUT2D eigenvalue weighted by molar-refractivity contribution is -0.124. The molecule has 0 aliphatic carbocycles. The summed E-state index contributed by atoms with van der Waals surface area (Å²) >= 11 is 0. The summed E-state index contributed by atoms with van der Waals surface area (Å²) in [5.74, 6) is 1.80. The number of ether oxygens (including phenoxy) is 2. The van der Waals surface area contributed by atoms with Gasteiger partial charge in [0.2, 0.25) is 5.91 Å². The highest BCUT2D eigenvalue weighted by Gasteiger charge is 2.21. The first kappa shape index (κ1) is 13.7. The molecule has 5 nitrogen and oxygen atoms in total. The Morgan fingerprint density at radius 2 is 2.11 bits per heavy atom. The van der Waals surface area contributed by atoms with E-state index in [0.29, 0.717) is 13.2 Å². The topological polar surface area (TPSA) is 59.6 Å². The van der Waals surface area contributed by atoms with Gasteiger partial charge in [0.1, 0.15) is 18.1 Å². The zero-order valence-electron chi connectivity index (χ0n) is 11.1. The van der Waals surface area contributed by atoms with Gasteiger partial charge in [-0.15, -0.1) is 0 Å². The van der Waals surface area contributed by atoms with Crippen molar-refractivity contribution < 1.29 is 14.3 Å². The third-order valence-corrected chi connectivity index (χ3v) is 3.16. The van der Waals surface area contributed by atoms with E-state index >= 15 is 0 Å². The molecule has 1 atom stereocenters. The van der Waals surface area contributed by atoms with E-state index in [2.05, 4.69) is 10.6 Å². The molecule has 2 rings (SSSR count). The van der Waals surface area contributed by atoms with Crippen LogP contribution in [0.5, 0.6) is 11.5 Å². The van der Waals surface area contributed by atoms with Gasteiger partial charge in [-0.2, -0.15) is 0 Å². The maximum Gasteiger partial charge on any atom is 0.224 e. The summed E-state index contributed by atoms with van der Waals surface area (Å²) in [6, 6.07) is 7.39. The van der Waals surface area contributed by atoms with Crippen LogP contribution in [0, 0.1) is 5.92 Å². The first-order valence-electron chi connectivity index (χ1n) is 6.55. The Bertz CT molecular complexity index is 400. The molecule has 1 aromatic rings. The van der Waals surface area contributed by atoms with Gasteiger partial charge in [0.25, 0.3) is 0 Å². The molecule has 1 unspecified atom stereocenters. The fourth-order valence-electron chi connectivity index (χ4n) is 2.04. The number of methoxy groups -OCH3 is 1. The minimum absolute atomic E-state index is 0.112. The van der Waals surface area contributed by atoms with Gasteiger partial charge in [0.15, 0.2) is 0 Å². The van der Waals surface area contributed by atoms with Crippen molar-refractivity contribution in [3.63, 3.8) is 0 Å². The second kappa shape index (κ2) is 6.99. The Kier molecular flexibility index (Phi) is 5.03. The number of carbonyl (C=O) groups is 1. The monoisotopic (exact) mass is 264 g/mol. The normalized spacial score (nSPS) is 18.1. The zero-order valence-corrected chi connectivity index (χ0v) is 11.1. The van der Waals surface area contributed by atoms with Crippen molar-refractivity contribution in [2.75, 3.05) is 33.4 Å². The molecule has 0 aromatic heterocycles. The first-order chi connectivity index (χ1) is 9.29. The van der Waals surface area contributed by atoms with Crippen LogP contribution in [0.4, 0.5) is 0 Å². The van der Waals surface area contributed by atoms with Crippen LogP contribution >= 0.6 is 0 Å². The van der Waals surface area contributed by atoms with Crippen molar-refractivity contribution in [2.45, 2.75) is 6.42 Å². The zero-order chi connectivity index (χ0) is 13.5. The maximum atomic E-state index is 11.7. The van der Waals surface area contributed by atoms with Crippen LogP contribution in [0.3, 0.4) is 0 Å². The third-order valence-electron chi connectivity index (χ3n) is 3.16. The summed E-state index contributed by atoms with van der Waals surface area (Å²) in [6.45, 7) is 2.71. The summed E-state index contributed by atoms with van der Waals surface area (Å²) < 4.78 is 10.6. The Morgan fingerprint density at radius 3 is 2.74 bits per heavy atom. The summed E-state index contributed by atoms with van der Waals surface area (Å²) in [4.78, 5) is 11.7. The Morgan fingerprint density at radius 1 is 1.37 bits per heavy atom. The van der Waals surface area contributed by atoms with Crippen molar-refractivity contribution in [2.24, 2.45) is 5.92 Å². The number of carbonyl (C=O) groups excluding carboxylic acids is 1. The molecule has 1 aromatic carbocycles. The Labute approximate surface area is 113 Å². The van der Waals surface area contributed by atoms with Gasteiger partial charge >= 0.3 is 0 Å². The van der Waals surface area contributed by atoms with E-state index in [1.807, 2.05) is 24.3 Å². The lowest BCUT2D eigenvalue weighted by Gasteiger charge is -2.11. The molecule has 1 heterocycles. The van der Waals surface area contributed by atoms with Gasteiger partial charge in [-0.05, 0) is 37.2 Å². The van der Waals surface area contributed by atoms with Crippen LogP contribution in [-0.2, 0) is 4.79 Å². The second-order valence-electron chi connectivity index (χ2n) is 4.50. The molecule has 0 radical (unpaired) electrons. The SMILES string of the molecule is COc1ccc(OCCNC(=O)C2CCNC2)cc1. The van der Waals surface area contributed by atoms with Gasteiger partial charge < -0.3 is 20.1 Å². The van der Waals surface area contributed by atoms with Gasteiger partial charge in [0, 0.05) is 6.54 Å². The van der Waals surface area contributed by atoms with Crippen LogP contribution in [-0.4, -0.2) is 39.3 Å². The number of nitrogens with one attached hydrogen (secondary N) is 2.